The highest BCUT2D eigenvalue weighted by molar-refractivity contribution is 6.29. The monoisotopic (exact) mass is 425 g/mol. The van der Waals surface area contributed by atoms with E-state index in [1.165, 1.54) is 30.5 Å². The summed E-state index contributed by atoms with van der Waals surface area (Å²) in [6, 6.07) is 5.35. The summed E-state index contributed by atoms with van der Waals surface area (Å²) < 4.78 is 39.6. The molecule has 1 aromatic carbocycles. The quantitative estimate of drug-likeness (QED) is 0.292. The second kappa shape index (κ2) is 8.93. The first-order valence-corrected chi connectivity index (χ1v) is 8.84. The Labute approximate surface area is 169 Å². The number of pyridine rings is 1. The number of hydrogen-bond donors (Lipinski definition) is 4. The van der Waals surface area contributed by atoms with Crippen LogP contribution in [0.1, 0.15) is 5.56 Å². The molecule has 1 aliphatic heterocycles. The van der Waals surface area contributed by atoms with Gasteiger partial charge in [-0.1, -0.05) is 17.7 Å². The van der Waals surface area contributed by atoms with Gasteiger partial charge in [0.15, 0.2) is 0 Å². The molecule has 0 bridgehead atoms. The molecule has 4 N–H and O–H groups in total. The normalized spacial score (nSPS) is 13.7. The molecule has 2 aromatic rings. The topological polar surface area (TPSA) is 96.5 Å². The molecular weight excluding hydrogens is 408 g/mol. The molecular formula is C18H18ClF2N5O3. The molecule has 11 heteroatoms. The number of methoxy groups -OCH3 is 1. The van der Waals surface area contributed by atoms with Crippen LogP contribution in [0.5, 0.6) is 5.75 Å². The molecule has 2 heterocycles. The van der Waals surface area contributed by atoms with E-state index in [9.17, 15) is 13.6 Å². The average Bonchev–Trinajstić information content (AvgIpc) is 2.72. The van der Waals surface area contributed by atoms with Crippen molar-refractivity contribution in [3.8, 4) is 5.75 Å². The van der Waals surface area contributed by atoms with Gasteiger partial charge in [0.1, 0.15) is 23.3 Å². The molecule has 1 aromatic heterocycles. The Kier molecular flexibility index (Phi) is 6.35. The van der Waals surface area contributed by atoms with Gasteiger partial charge in [0, 0.05) is 18.1 Å². The molecule has 1 aliphatic rings. The van der Waals surface area contributed by atoms with Crippen LogP contribution >= 0.6 is 11.6 Å². The first-order chi connectivity index (χ1) is 13.9. The van der Waals surface area contributed by atoms with Gasteiger partial charge in [0.25, 0.3) is 0 Å². The number of rotatable bonds is 8. The van der Waals surface area contributed by atoms with Crippen LogP contribution < -0.4 is 26.4 Å². The van der Waals surface area contributed by atoms with Gasteiger partial charge in [-0.25, -0.2) is 0 Å². The van der Waals surface area contributed by atoms with Crippen molar-refractivity contribution in [1.29, 1.82) is 0 Å². The summed E-state index contributed by atoms with van der Waals surface area (Å²) in [6.07, 6.45) is 4.43. The second-order valence-electron chi connectivity index (χ2n) is 5.92. The number of allylic oxidation sites excluding steroid dienone is 2. The lowest BCUT2D eigenvalue weighted by Crippen LogP contribution is -2.49. The van der Waals surface area contributed by atoms with E-state index in [4.69, 9.17) is 21.1 Å². The maximum atomic E-state index is 14.6. The number of amides is 1. The van der Waals surface area contributed by atoms with E-state index in [1.807, 2.05) is 5.43 Å². The molecule has 1 amide bonds. The van der Waals surface area contributed by atoms with Crippen LogP contribution in [0.3, 0.4) is 0 Å². The van der Waals surface area contributed by atoms with Crippen LogP contribution in [0, 0.1) is 0 Å². The Morgan fingerprint density at radius 3 is 2.79 bits per heavy atom. The number of aromatic nitrogens is 1. The molecule has 154 valence electrons. The SMILES string of the molecule is COCCOc1cnc2ccc(C(F)(F)C(=O)NNC3=CC=C(Cl)NN3)cc2c1. The Balaban J connectivity index is 1.73. The smallest absolute Gasteiger partial charge is 0.351 e. The van der Waals surface area contributed by atoms with Crippen LogP contribution in [0.2, 0.25) is 0 Å². The number of nitrogens with one attached hydrogen (secondary N) is 4. The van der Waals surface area contributed by atoms with Crippen LogP contribution in [-0.4, -0.2) is 31.2 Å². The molecule has 0 saturated carbocycles. The highest BCUT2D eigenvalue weighted by Crippen LogP contribution is 2.31. The lowest BCUT2D eigenvalue weighted by atomic mass is 10.0. The summed E-state index contributed by atoms with van der Waals surface area (Å²) in [5.41, 5.74) is 9.46. The Morgan fingerprint density at radius 2 is 2.07 bits per heavy atom. The molecule has 0 saturated heterocycles. The minimum absolute atomic E-state index is 0.235. The van der Waals surface area contributed by atoms with E-state index in [1.54, 1.807) is 13.2 Å². The van der Waals surface area contributed by atoms with Crippen molar-refractivity contribution in [3.05, 3.63) is 59.2 Å². The highest BCUT2D eigenvalue weighted by Gasteiger charge is 2.41. The highest BCUT2D eigenvalue weighted by atomic mass is 35.5. The number of hydrogen-bond acceptors (Lipinski definition) is 7. The van der Waals surface area contributed by atoms with E-state index in [2.05, 4.69) is 21.3 Å². The van der Waals surface area contributed by atoms with E-state index < -0.39 is 17.4 Å². The first kappa shape index (κ1) is 20.6. The molecule has 0 fully saturated rings. The van der Waals surface area contributed by atoms with Crippen molar-refractivity contribution >= 4 is 28.4 Å². The molecule has 0 atom stereocenters. The van der Waals surface area contributed by atoms with Crippen LogP contribution in [-0.2, 0) is 15.5 Å². The largest absolute Gasteiger partial charge is 0.490 e. The summed E-state index contributed by atoms with van der Waals surface area (Å²) in [5, 5.41) is 0.723. The zero-order valence-corrected chi connectivity index (χ0v) is 16.0. The van der Waals surface area contributed by atoms with Crippen LogP contribution in [0.4, 0.5) is 8.78 Å². The van der Waals surface area contributed by atoms with E-state index in [0.717, 1.165) is 6.07 Å². The Bertz CT molecular complexity index is 968. The fourth-order valence-electron chi connectivity index (χ4n) is 2.40. The summed E-state index contributed by atoms with van der Waals surface area (Å²) >= 11 is 5.68. The van der Waals surface area contributed by atoms with Crippen molar-refractivity contribution in [3.63, 3.8) is 0 Å². The minimum atomic E-state index is -3.79. The summed E-state index contributed by atoms with van der Waals surface area (Å²) in [6.45, 7) is 0.679. The second-order valence-corrected chi connectivity index (χ2v) is 6.33. The number of alkyl halides is 2. The standard InChI is InChI=1S/C18H18ClF2N5O3/c1-28-6-7-29-13-9-11-8-12(2-3-14(11)22-10-13)18(20,21)17(27)26-25-16-5-4-15(19)23-24-16/h2-5,8-10,23-25H,6-7H2,1H3,(H,26,27). The zero-order valence-electron chi connectivity index (χ0n) is 15.3. The number of carbonyl (C=O) groups excluding carboxylic acids is 1. The van der Waals surface area contributed by atoms with E-state index in [0.29, 0.717) is 35.0 Å². The Hall–Kier alpha value is -3.11. The molecule has 8 nitrogen and oxygen atoms in total. The number of hydrazine groups is 2. The average molecular weight is 426 g/mol. The summed E-state index contributed by atoms with van der Waals surface area (Å²) in [4.78, 5) is 16.2. The third-order valence-electron chi connectivity index (χ3n) is 3.88. The van der Waals surface area contributed by atoms with Crippen molar-refractivity contribution in [1.82, 2.24) is 26.7 Å². The van der Waals surface area contributed by atoms with Gasteiger partial charge in [0.05, 0.1) is 18.3 Å². The third-order valence-corrected chi connectivity index (χ3v) is 4.10. The molecule has 3 rings (SSSR count). The van der Waals surface area contributed by atoms with Crippen molar-refractivity contribution in [2.75, 3.05) is 20.3 Å². The molecule has 0 radical (unpaired) electrons. The van der Waals surface area contributed by atoms with Gasteiger partial charge in [-0.3, -0.25) is 31.5 Å². The maximum Gasteiger partial charge on any atom is 0.351 e. The predicted molar refractivity (Wildman–Crippen MR) is 103 cm³/mol. The van der Waals surface area contributed by atoms with Gasteiger partial charge in [-0.2, -0.15) is 8.78 Å². The molecule has 29 heavy (non-hydrogen) atoms. The summed E-state index contributed by atoms with van der Waals surface area (Å²) in [5.74, 6) is -4.67. The van der Waals surface area contributed by atoms with Gasteiger partial charge >= 0.3 is 11.8 Å². The lowest BCUT2D eigenvalue weighted by Gasteiger charge is -2.21. The number of benzene rings is 1. The number of fused-ring (bicyclic) bond motifs is 1. The third kappa shape index (κ3) is 5.04. The zero-order chi connectivity index (χ0) is 20.9. The van der Waals surface area contributed by atoms with Crippen LogP contribution in [0.15, 0.2) is 53.6 Å². The maximum absolute atomic E-state index is 14.6. The Morgan fingerprint density at radius 1 is 1.24 bits per heavy atom. The number of nitrogens with zero attached hydrogens (tertiary/aromatic N) is 1. The van der Waals surface area contributed by atoms with Crippen molar-refractivity contribution in [2.45, 2.75) is 5.92 Å². The lowest BCUT2D eigenvalue weighted by molar-refractivity contribution is -0.147. The van der Waals surface area contributed by atoms with Gasteiger partial charge in [-0.05, 0) is 30.4 Å². The molecule has 0 spiro atoms. The fraction of sp³-hybridized carbons (Fsp3) is 0.222. The predicted octanol–water partition coefficient (Wildman–Crippen LogP) is 2.00. The van der Waals surface area contributed by atoms with Gasteiger partial charge in [-0.15, -0.1) is 0 Å². The van der Waals surface area contributed by atoms with E-state index in [-0.39, 0.29) is 5.82 Å². The summed E-state index contributed by atoms with van der Waals surface area (Å²) in [7, 11) is 1.54. The van der Waals surface area contributed by atoms with Crippen molar-refractivity contribution in [2.24, 2.45) is 0 Å². The van der Waals surface area contributed by atoms with Gasteiger partial charge in [0.2, 0.25) is 0 Å². The minimum Gasteiger partial charge on any atom is -0.490 e. The number of ether oxygens (including phenoxy) is 2. The molecule has 0 unspecified atom stereocenters. The van der Waals surface area contributed by atoms with Gasteiger partial charge < -0.3 is 9.47 Å². The fourth-order valence-corrected chi connectivity index (χ4v) is 2.51. The van der Waals surface area contributed by atoms with E-state index >= 15 is 0 Å². The molecule has 0 aliphatic carbocycles. The number of halogens is 3. The van der Waals surface area contributed by atoms with Crippen molar-refractivity contribution < 1.29 is 23.0 Å². The first-order valence-electron chi connectivity index (χ1n) is 8.46. The van der Waals surface area contributed by atoms with Crippen LogP contribution in [0.25, 0.3) is 10.9 Å². The number of carbonyl (C=O) groups is 1.